The summed E-state index contributed by atoms with van der Waals surface area (Å²) in [5, 5.41) is 3.90. The summed E-state index contributed by atoms with van der Waals surface area (Å²) < 4.78 is 5.05. The fraction of sp³-hybridized carbons (Fsp3) is 0.333. The van der Waals surface area contributed by atoms with E-state index in [0.717, 1.165) is 12.3 Å². The molecular formula is C9H10ClNO. The topological polar surface area (TPSA) is 31.2 Å². The molecule has 0 aliphatic carbocycles. The largest absolute Gasteiger partial charge is 0.495 e. The molecule has 1 unspecified atom stereocenters. The molecule has 64 valence electrons. The molecule has 2 rings (SSSR count). The molecule has 1 fully saturated rings. The second-order valence-electron chi connectivity index (χ2n) is 2.85. The monoisotopic (exact) mass is 183 g/mol. The third-order valence-electron chi connectivity index (χ3n) is 1.99. The van der Waals surface area contributed by atoms with Gasteiger partial charge in [0.05, 0.1) is 12.1 Å². The standard InChI is InChI=1S/C9H10ClNO/c1-12-9-3-2-6(4-7(9)10)8-5-11-8/h2-4,8,11H,5H2,1H3. The normalized spacial score (nSPS) is 20.7. The van der Waals surface area contributed by atoms with Crippen molar-refractivity contribution in [3.05, 3.63) is 28.8 Å². The minimum absolute atomic E-state index is 0.508. The smallest absolute Gasteiger partial charge is 0.137 e. The molecule has 0 radical (unpaired) electrons. The van der Waals surface area contributed by atoms with Crippen molar-refractivity contribution in [2.45, 2.75) is 6.04 Å². The molecule has 1 aliphatic heterocycles. The van der Waals surface area contributed by atoms with Crippen molar-refractivity contribution < 1.29 is 4.74 Å². The molecule has 0 amide bonds. The number of hydrogen-bond acceptors (Lipinski definition) is 2. The van der Waals surface area contributed by atoms with Gasteiger partial charge in [-0.1, -0.05) is 17.7 Å². The Kier molecular flexibility index (Phi) is 1.95. The molecule has 1 atom stereocenters. The van der Waals surface area contributed by atoms with Crippen LogP contribution in [0, 0.1) is 0 Å². The van der Waals surface area contributed by atoms with Gasteiger partial charge >= 0.3 is 0 Å². The van der Waals surface area contributed by atoms with Crippen LogP contribution in [0.25, 0.3) is 0 Å². The van der Waals surface area contributed by atoms with E-state index in [9.17, 15) is 0 Å². The predicted molar refractivity (Wildman–Crippen MR) is 48.7 cm³/mol. The molecule has 0 spiro atoms. The van der Waals surface area contributed by atoms with E-state index in [1.54, 1.807) is 7.11 Å². The van der Waals surface area contributed by atoms with Crippen LogP contribution in [0.15, 0.2) is 18.2 Å². The van der Waals surface area contributed by atoms with Crippen molar-refractivity contribution in [3.63, 3.8) is 0 Å². The number of methoxy groups -OCH3 is 1. The number of ether oxygens (including phenoxy) is 1. The van der Waals surface area contributed by atoms with Gasteiger partial charge in [0.25, 0.3) is 0 Å². The lowest BCUT2D eigenvalue weighted by Crippen LogP contribution is -1.87. The van der Waals surface area contributed by atoms with Crippen molar-refractivity contribution in [2.75, 3.05) is 13.7 Å². The van der Waals surface area contributed by atoms with E-state index >= 15 is 0 Å². The highest BCUT2D eigenvalue weighted by atomic mass is 35.5. The summed E-state index contributed by atoms with van der Waals surface area (Å²) >= 11 is 5.95. The molecule has 3 heteroatoms. The van der Waals surface area contributed by atoms with Gasteiger partial charge in [-0.15, -0.1) is 0 Å². The van der Waals surface area contributed by atoms with Crippen LogP contribution >= 0.6 is 11.6 Å². The third-order valence-corrected chi connectivity index (χ3v) is 2.28. The van der Waals surface area contributed by atoms with Gasteiger partial charge in [-0.3, -0.25) is 0 Å². The summed E-state index contributed by atoms with van der Waals surface area (Å²) in [6, 6.07) is 6.39. The molecule has 0 aromatic heterocycles. The van der Waals surface area contributed by atoms with Gasteiger partial charge in [0.15, 0.2) is 0 Å². The first-order valence-corrected chi connectivity index (χ1v) is 4.26. The number of hydrogen-bond donors (Lipinski definition) is 1. The van der Waals surface area contributed by atoms with Gasteiger partial charge in [0.2, 0.25) is 0 Å². The maximum Gasteiger partial charge on any atom is 0.137 e. The van der Waals surface area contributed by atoms with E-state index in [1.165, 1.54) is 5.56 Å². The van der Waals surface area contributed by atoms with Crippen molar-refractivity contribution in [1.82, 2.24) is 5.32 Å². The minimum Gasteiger partial charge on any atom is -0.495 e. The Morgan fingerprint density at radius 1 is 1.58 bits per heavy atom. The zero-order valence-corrected chi connectivity index (χ0v) is 7.56. The SMILES string of the molecule is COc1ccc(C2CN2)cc1Cl. The molecule has 0 saturated carbocycles. The van der Waals surface area contributed by atoms with Crippen LogP contribution in [0.3, 0.4) is 0 Å². The number of halogens is 1. The Balaban J connectivity index is 2.30. The van der Waals surface area contributed by atoms with E-state index in [4.69, 9.17) is 16.3 Å². The van der Waals surface area contributed by atoms with Crippen LogP contribution in [0.4, 0.5) is 0 Å². The Morgan fingerprint density at radius 2 is 2.33 bits per heavy atom. The lowest BCUT2D eigenvalue weighted by molar-refractivity contribution is 0.415. The lowest BCUT2D eigenvalue weighted by Gasteiger charge is -2.03. The molecule has 0 bridgehead atoms. The predicted octanol–water partition coefficient (Wildman–Crippen LogP) is 1.99. The zero-order valence-electron chi connectivity index (χ0n) is 6.80. The fourth-order valence-corrected chi connectivity index (χ4v) is 1.46. The van der Waals surface area contributed by atoms with Crippen LogP contribution in [0.2, 0.25) is 5.02 Å². The van der Waals surface area contributed by atoms with Crippen molar-refractivity contribution >= 4 is 11.6 Å². The first-order valence-electron chi connectivity index (χ1n) is 3.88. The molecule has 1 N–H and O–H groups in total. The van der Waals surface area contributed by atoms with Gasteiger partial charge in [-0.25, -0.2) is 0 Å². The molecular weight excluding hydrogens is 174 g/mol. The minimum atomic E-state index is 0.508. The van der Waals surface area contributed by atoms with E-state index in [2.05, 4.69) is 5.32 Å². The average molecular weight is 184 g/mol. The van der Waals surface area contributed by atoms with E-state index in [0.29, 0.717) is 11.1 Å². The van der Waals surface area contributed by atoms with Gasteiger partial charge in [0.1, 0.15) is 5.75 Å². The first-order chi connectivity index (χ1) is 5.81. The van der Waals surface area contributed by atoms with Gasteiger partial charge in [-0.05, 0) is 17.7 Å². The molecule has 1 saturated heterocycles. The van der Waals surface area contributed by atoms with E-state index in [1.807, 2.05) is 18.2 Å². The zero-order chi connectivity index (χ0) is 8.55. The van der Waals surface area contributed by atoms with Crippen molar-refractivity contribution in [3.8, 4) is 5.75 Å². The average Bonchev–Trinajstić information content (AvgIpc) is 2.86. The number of rotatable bonds is 2. The Hall–Kier alpha value is -0.730. The molecule has 1 aromatic carbocycles. The van der Waals surface area contributed by atoms with Crippen LogP contribution in [0.5, 0.6) is 5.75 Å². The van der Waals surface area contributed by atoms with Crippen LogP contribution in [-0.2, 0) is 0 Å². The second kappa shape index (κ2) is 2.96. The highest BCUT2D eigenvalue weighted by molar-refractivity contribution is 6.32. The van der Waals surface area contributed by atoms with Crippen LogP contribution < -0.4 is 10.1 Å². The fourth-order valence-electron chi connectivity index (χ4n) is 1.19. The Bertz CT molecular complexity index is 297. The van der Waals surface area contributed by atoms with E-state index in [-0.39, 0.29) is 0 Å². The summed E-state index contributed by atoms with van der Waals surface area (Å²) in [5.74, 6) is 0.737. The van der Waals surface area contributed by atoms with E-state index < -0.39 is 0 Å². The summed E-state index contributed by atoms with van der Waals surface area (Å²) in [6.07, 6.45) is 0. The highest BCUT2D eigenvalue weighted by Crippen LogP contribution is 2.30. The van der Waals surface area contributed by atoms with Gasteiger partial charge in [-0.2, -0.15) is 0 Å². The highest BCUT2D eigenvalue weighted by Gasteiger charge is 2.22. The Labute approximate surface area is 76.5 Å². The summed E-state index contributed by atoms with van der Waals surface area (Å²) in [4.78, 5) is 0. The summed E-state index contributed by atoms with van der Waals surface area (Å²) in [6.45, 7) is 1.06. The van der Waals surface area contributed by atoms with Crippen molar-refractivity contribution in [1.29, 1.82) is 0 Å². The van der Waals surface area contributed by atoms with Crippen LogP contribution in [-0.4, -0.2) is 13.7 Å². The van der Waals surface area contributed by atoms with Crippen molar-refractivity contribution in [2.24, 2.45) is 0 Å². The molecule has 1 aliphatic rings. The molecule has 1 aromatic rings. The molecule has 1 heterocycles. The van der Waals surface area contributed by atoms with Gasteiger partial charge in [0, 0.05) is 12.6 Å². The second-order valence-corrected chi connectivity index (χ2v) is 3.26. The molecule has 12 heavy (non-hydrogen) atoms. The third kappa shape index (κ3) is 1.40. The summed E-state index contributed by atoms with van der Waals surface area (Å²) in [7, 11) is 1.62. The first kappa shape index (κ1) is 7.90. The maximum absolute atomic E-state index is 5.95. The number of nitrogens with one attached hydrogen (secondary N) is 1. The quantitative estimate of drug-likeness (QED) is 0.711. The summed E-state index contributed by atoms with van der Waals surface area (Å²) in [5.41, 5.74) is 1.24. The number of benzene rings is 1. The Morgan fingerprint density at radius 3 is 2.83 bits per heavy atom. The van der Waals surface area contributed by atoms with Crippen LogP contribution in [0.1, 0.15) is 11.6 Å². The molecule has 2 nitrogen and oxygen atoms in total. The maximum atomic E-state index is 5.95. The van der Waals surface area contributed by atoms with Gasteiger partial charge < -0.3 is 10.1 Å². The lowest BCUT2D eigenvalue weighted by atomic mass is 10.1.